The van der Waals surface area contributed by atoms with Crippen molar-refractivity contribution in [2.75, 3.05) is 19.8 Å². The summed E-state index contributed by atoms with van der Waals surface area (Å²) in [5.41, 5.74) is 5.47. The van der Waals surface area contributed by atoms with Gasteiger partial charge in [0.1, 0.15) is 10.0 Å². The van der Waals surface area contributed by atoms with Crippen molar-refractivity contribution >= 4 is 11.3 Å². The third-order valence-corrected chi connectivity index (χ3v) is 3.79. The Morgan fingerprint density at radius 2 is 2.13 bits per heavy atom. The van der Waals surface area contributed by atoms with E-state index < -0.39 is 0 Å². The molecule has 2 heterocycles. The van der Waals surface area contributed by atoms with Crippen LogP contribution in [0.5, 0.6) is 0 Å². The predicted octanol–water partition coefficient (Wildman–Crippen LogP) is 1.32. The minimum atomic E-state index is 0.572. The van der Waals surface area contributed by atoms with Gasteiger partial charge in [0.25, 0.3) is 0 Å². The van der Waals surface area contributed by atoms with Crippen molar-refractivity contribution in [3.8, 4) is 0 Å². The van der Waals surface area contributed by atoms with Crippen LogP contribution in [0.3, 0.4) is 0 Å². The van der Waals surface area contributed by atoms with Crippen LogP contribution in [0.25, 0.3) is 0 Å². The highest BCUT2D eigenvalue weighted by Crippen LogP contribution is 2.29. The molecule has 1 fully saturated rings. The molecule has 2 rings (SSSR count). The van der Waals surface area contributed by atoms with Crippen molar-refractivity contribution in [2.45, 2.75) is 31.6 Å². The van der Waals surface area contributed by atoms with Crippen LogP contribution in [0, 0.1) is 0 Å². The van der Waals surface area contributed by atoms with Crippen LogP contribution < -0.4 is 5.73 Å². The van der Waals surface area contributed by atoms with Crippen molar-refractivity contribution in [1.82, 2.24) is 10.2 Å². The summed E-state index contributed by atoms with van der Waals surface area (Å²) in [4.78, 5) is 0. The molecule has 0 spiro atoms. The van der Waals surface area contributed by atoms with Crippen LogP contribution in [-0.2, 0) is 11.2 Å². The van der Waals surface area contributed by atoms with E-state index >= 15 is 0 Å². The molecule has 0 bridgehead atoms. The topological polar surface area (TPSA) is 61.0 Å². The van der Waals surface area contributed by atoms with E-state index in [0.717, 1.165) is 50.4 Å². The quantitative estimate of drug-likeness (QED) is 0.843. The molecule has 4 nitrogen and oxygen atoms in total. The average Bonchev–Trinajstić information content (AvgIpc) is 2.76. The fourth-order valence-electron chi connectivity index (χ4n) is 1.73. The van der Waals surface area contributed by atoms with Crippen LogP contribution in [0.2, 0.25) is 0 Å². The summed E-state index contributed by atoms with van der Waals surface area (Å²) in [6.45, 7) is 2.46. The second-order valence-corrected chi connectivity index (χ2v) is 4.91. The molecule has 1 saturated heterocycles. The minimum Gasteiger partial charge on any atom is -0.381 e. The lowest BCUT2D eigenvalue weighted by Crippen LogP contribution is -2.13. The molecule has 0 amide bonds. The number of nitrogens with zero attached hydrogens (tertiary/aromatic N) is 2. The lowest BCUT2D eigenvalue weighted by Gasteiger charge is -2.18. The minimum absolute atomic E-state index is 0.572. The number of hydrogen-bond acceptors (Lipinski definition) is 5. The first kappa shape index (κ1) is 11.0. The third-order valence-electron chi connectivity index (χ3n) is 2.65. The highest BCUT2D eigenvalue weighted by Gasteiger charge is 2.19. The standard InChI is InChI=1S/C10H17N3OS/c11-5-1-2-9-12-13-10(15-9)8-3-6-14-7-4-8/h8H,1-7,11H2. The Labute approximate surface area is 93.8 Å². The SMILES string of the molecule is NCCCc1nnc(C2CCOCC2)s1. The zero-order chi connectivity index (χ0) is 10.5. The first-order valence-electron chi connectivity index (χ1n) is 5.50. The van der Waals surface area contributed by atoms with Crippen LogP contribution >= 0.6 is 11.3 Å². The fraction of sp³-hybridized carbons (Fsp3) is 0.800. The molecule has 0 unspecified atom stereocenters. The van der Waals surface area contributed by atoms with Crippen molar-refractivity contribution in [1.29, 1.82) is 0 Å². The predicted molar refractivity (Wildman–Crippen MR) is 60.1 cm³/mol. The Kier molecular flexibility index (Phi) is 4.05. The van der Waals surface area contributed by atoms with Gasteiger partial charge in [-0.15, -0.1) is 21.5 Å². The molecule has 5 heteroatoms. The Hall–Kier alpha value is -0.520. The van der Waals surface area contributed by atoms with E-state index in [9.17, 15) is 0 Å². The fourth-order valence-corrected chi connectivity index (χ4v) is 2.78. The highest BCUT2D eigenvalue weighted by molar-refractivity contribution is 7.11. The van der Waals surface area contributed by atoms with E-state index in [1.165, 1.54) is 5.01 Å². The van der Waals surface area contributed by atoms with Gasteiger partial charge >= 0.3 is 0 Å². The van der Waals surface area contributed by atoms with Gasteiger partial charge in [-0.05, 0) is 25.8 Å². The normalized spacial score (nSPS) is 18.2. The van der Waals surface area contributed by atoms with E-state index in [-0.39, 0.29) is 0 Å². The number of ether oxygens (including phenoxy) is 1. The van der Waals surface area contributed by atoms with Gasteiger partial charge in [0.05, 0.1) is 0 Å². The summed E-state index contributed by atoms with van der Waals surface area (Å²) in [5, 5.41) is 10.8. The molecule has 1 aromatic rings. The molecule has 84 valence electrons. The van der Waals surface area contributed by atoms with Gasteiger partial charge in [0.15, 0.2) is 0 Å². The first-order valence-corrected chi connectivity index (χ1v) is 6.32. The number of aryl methyl sites for hydroxylation is 1. The summed E-state index contributed by atoms with van der Waals surface area (Å²) in [5.74, 6) is 0.572. The molecule has 1 aliphatic heterocycles. The Bertz CT molecular complexity index is 297. The van der Waals surface area contributed by atoms with Crippen molar-refractivity contribution in [2.24, 2.45) is 5.73 Å². The van der Waals surface area contributed by atoms with E-state index in [1.54, 1.807) is 11.3 Å². The molecule has 15 heavy (non-hydrogen) atoms. The number of nitrogens with two attached hydrogens (primary N) is 1. The van der Waals surface area contributed by atoms with Gasteiger partial charge in [-0.2, -0.15) is 0 Å². The van der Waals surface area contributed by atoms with Gasteiger partial charge in [-0.1, -0.05) is 0 Å². The summed E-state index contributed by atoms with van der Waals surface area (Å²) in [7, 11) is 0. The monoisotopic (exact) mass is 227 g/mol. The average molecular weight is 227 g/mol. The molecular formula is C10H17N3OS. The molecule has 1 aromatic heterocycles. The van der Waals surface area contributed by atoms with Gasteiger partial charge < -0.3 is 10.5 Å². The summed E-state index contributed by atoms with van der Waals surface area (Å²) in [6.07, 6.45) is 4.15. The van der Waals surface area contributed by atoms with Gasteiger partial charge in [0.2, 0.25) is 0 Å². The number of rotatable bonds is 4. The lowest BCUT2D eigenvalue weighted by molar-refractivity contribution is 0.0851. The number of hydrogen-bond donors (Lipinski definition) is 1. The van der Waals surface area contributed by atoms with Crippen molar-refractivity contribution < 1.29 is 4.74 Å². The molecule has 0 aromatic carbocycles. The lowest BCUT2D eigenvalue weighted by atomic mass is 10.0. The second kappa shape index (κ2) is 5.53. The van der Waals surface area contributed by atoms with Crippen molar-refractivity contribution in [3.05, 3.63) is 10.0 Å². The van der Waals surface area contributed by atoms with Gasteiger partial charge in [-0.25, -0.2) is 0 Å². The smallest absolute Gasteiger partial charge is 0.120 e. The molecule has 2 N–H and O–H groups in total. The van der Waals surface area contributed by atoms with Crippen molar-refractivity contribution in [3.63, 3.8) is 0 Å². The summed E-state index contributed by atoms with van der Waals surface area (Å²) >= 11 is 1.75. The molecular weight excluding hydrogens is 210 g/mol. The third kappa shape index (κ3) is 2.96. The van der Waals surface area contributed by atoms with E-state index in [2.05, 4.69) is 10.2 Å². The van der Waals surface area contributed by atoms with E-state index in [1.807, 2.05) is 0 Å². The van der Waals surface area contributed by atoms with Gasteiger partial charge in [0, 0.05) is 25.6 Å². The van der Waals surface area contributed by atoms with E-state index in [0.29, 0.717) is 5.92 Å². The maximum atomic E-state index is 5.47. The maximum Gasteiger partial charge on any atom is 0.120 e. The molecule has 0 radical (unpaired) electrons. The zero-order valence-electron chi connectivity index (χ0n) is 8.82. The van der Waals surface area contributed by atoms with Gasteiger partial charge in [-0.3, -0.25) is 0 Å². The second-order valence-electron chi connectivity index (χ2n) is 3.81. The zero-order valence-corrected chi connectivity index (χ0v) is 9.63. The summed E-state index contributed by atoms with van der Waals surface area (Å²) < 4.78 is 5.33. The maximum absolute atomic E-state index is 5.47. The van der Waals surface area contributed by atoms with E-state index in [4.69, 9.17) is 10.5 Å². The molecule has 1 aliphatic rings. The van der Waals surface area contributed by atoms with Crippen LogP contribution in [0.4, 0.5) is 0 Å². The van der Waals surface area contributed by atoms with Crippen LogP contribution in [0.15, 0.2) is 0 Å². The first-order chi connectivity index (χ1) is 7.40. The Morgan fingerprint density at radius 3 is 2.87 bits per heavy atom. The molecule has 0 aliphatic carbocycles. The number of aromatic nitrogens is 2. The highest BCUT2D eigenvalue weighted by atomic mass is 32.1. The largest absolute Gasteiger partial charge is 0.381 e. The van der Waals surface area contributed by atoms with Crippen LogP contribution in [-0.4, -0.2) is 30.0 Å². The molecule has 0 saturated carbocycles. The van der Waals surface area contributed by atoms with Crippen LogP contribution in [0.1, 0.15) is 35.2 Å². The Balaban J connectivity index is 1.93. The Morgan fingerprint density at radius 1 is 1.33 bits per heavy atom. The summed E-state index contributed by atoms with van der Waals surface area (Å²) in [6, 6.07) is 0. The molecule has 0 atom stereocenters.